The van der Waals surface area contributed by atoms with E-state index in [0.717, 1.165) is 6.42 Å². The molecule has 0 amide bonds. The molecule has 1 heterocycles. The fourth-order valence-electron chi connectivity index (χ4n) is 6.36. The zero-order valence-electron chi connectivity index (χ0n) is 15.3. The van der Waals surface area contributed by atoms with Crippen LogP contribution in [0.15, 0.2) is 23.3 Å². The SMILES string of the molecule is CC1=C2[C@@H](C[C@@H]3[C@@](O)(CC[C@@H]4C(C)(C)C=C[C@@H](O)[C@]43C)[C@H]2O)OC1=O. The van der Waals surface area contributed by atoms with Crippen LogP contribution in [-0.4, -0.2) is 45.2 Å². The molecule has 0 bridgehead atoms. The number of carbonyl (C=O) groups is 1. The van der Waals surface area contributed by atoms with Gasteiger partial charge in [-0.15, -0.1) is 0 Å². The first-order valence-corrected chi connectivity index (χ1v) is 9.23. The zero-order chi connectivity index (χ0) is 18.4. The van der Waals surface area contributed by atoms with Crippen LogP contribution in [-0.2, 0) is 9.53 Å². The molecular formula is C20H28O5. The van der Waals surface area contributed by atoms with Gasteiger partial charge in [-0.25, -0.2) is 4.79 Å². The van der Waals surface area contributed by atoms with Gasteiger partial charge in [0.1, 0.15) is 12.2 Å². The van der Waals surface area contributed by atoms with E-state index < -0.39 is 35.3 Å². The number of aliphatic hydroxyl groups excluding tert-OH is 2. The standard InChI is InChI=1S/C20H28O5/c1-10-15-11(25-17(10)23)9-13-19(4)12(5-8-20(13,24)16(15)22)18(2,3)7-6-14(19)21/h6-7,11-14,16,21-22,24H,5,8-9H2,1-4H3/t11-,12-,13+,14-,16+,19-,20+/m1/s1. The van der Waals surface area contributed by atoms with Gasteiger partial charge in [-0.2, -0.15) is 0 Å². The Hall–Kier alpha value is -1.17. The molecule has 1 aliphatic heterocycles. The van der Waals surface area contributed by atoms with Gasteiger partial charge < -0.3 is 20.1 Å². The van der Waals surface area contributed by atoms with Gasteiger partial charge in [-0.1, -0.05) is 32.9 Å². The van der Waals surface area contributed by atoms with Gasteiger partial charge in [0, 0.05) is 22.5 Å². The van der Waals surface area contributed by atoms with Crippen molar-refractivity contribution < 1.29 is 24.9 Å². The van der Waals surface area contributed by atoms with E-state index in [4.69, 9.17) is 4.74 Å². The van der Waals surface area contributed by atoms with E-state index in [1.165, 1.54) is 0 Å². The topological polar surface area (TPSA) is 87.0 Å². The molecule has 2 saturated carbocycles. The van der Waals surface area contributed by atoms with Gasteiger partial charge in [0.25, 0.3) is 0 Å². The Morgan fingerprint density at radius 1 is 1.20 bits per heavy atom. The fourth-order valence-corrected chi connectivity index (χ4v) is 6.36. The highest BCUT2D eigenvalue weighted by molar-refractivity contribution is 5.92. The van der Waals surface area contributed by atoms with Crippen LogP contribution in [0, 0.1) is 22.7 Å². The maximum atomic E-state index is 12.0. The quantitative estimate of drug-likeness (QED) is 0.458. The van der Waals surface area contributed by atoms with Gasteiger partial charge in [0.2, 0.25) is 0 Å². The van der Waals surface area contributed by atoms with Gasteiger partial charge in [-0.05, 0) is 37.5 Å². The molecule has 0 unspecified atom stereocenters. The van der Waals surface area contributed by atoms with E-state index in [9.17, 15) is 20.1 Å². The second-order valence-corrected chi connectivity index (χ2v) is 9.24. The van der Waals surface area contributed by atoms with E-state index >= 15 is 0 Å². The Labute approximate surface area is 148 Å². The van der Waals surface area contributed by atoms with Crippen LogP contribution >= 0.6 is 0 Å². The Kier molecular flexibility index (Phi) is 3.42. The average Bonchev–Trinajstić information content (AvgIpc) is 2.81. The number of fused-ring (bicyclic) bond motifs is 4. The molecule has 7 atom stereocenters. The predicted molar refractivity (Wildman–Crippen MR) is 91.4 cm³/mol. The Morgan fingerprint density at radius 3 is 2.56 bits per heavy atom. The largest absolute Gasteiger partial charge is 0.454 e. The summed E-state index contributed by atoms with van der Waals surface area (Å²) in [5.41, 5.74) is -1.07. The van der Waals surface area contributed by atoms with Crippen molar-refractivity contribution in [3.63, 3.8) is 0 Å². The van der Waals surface area contributed by atoms with E-state index in [2.05, 4.69) is 19.9 Å². The molecule has 5 heteroatoms. The van der Waals surface area contributed by atoms with Crippen LogP contribution in [0.1, 0.15) is 47.0 Å². The highest BCUT2D eigenvalue weighted by Crippen LogP contribution is 2.64. The maximum absolute atomic E-state index is 12.0. The molecule has 138 valence electrons. The minimum Gasteiger partial charge on any atom is -0.454 e. The van der Waals surface area contributed by atoms with Gasteiger partial charge in [0.15, 0.2) is 0 Å². The third-order valence-corrected chi connectivity index (χ3v) is 7.74. The van der Waals surface area contributed by atoms with E-state index in [-0.39, 0.29) is 17.3 Å². The fraction of sp³-hybridized carbons (Fsp3) is 0.750. The third kappa shape index (κ3) is 1.97. The summed E-state index contributed by atoms with van der Waals surface area (Å²) in [6, 6.07) is 0. The lowest BCUT2D eigenvalue weighted by Gasteiger charge is -2.64. The summed E-state index contributed by atoms with van der Waals surface area (Å²) >= 11 is 0. The number of hydrogen-bond acceptors (Lipinski definition) is 5. The molecule has 3 N–H and O–H groups in total. The maximum Gasteiger partial charge on any atom is 0.334 e. The molecular weight excluding hydrogens is 320 g/mol. The lowest BCUT2D eigenvalue weighted by Crippen LogP contribution is -2.68. The molecule has 0 aromatic carbocycles. The summed E-state index contributed by atoms with van der Waals surface area (Å²) < 4.78 is 5.47. The molecule has 3 aliphatic carbocycles. The third-order valence-electron chi connectivity index (χ3n) is 7.74. The smallest absolute Gasteiger partial charge is 0.334 e. The van der Waals surface area contributed by atoms with E-state index in [1.54, 1.807) is 6.92 Å². The average molecular weight is 348 g/mol. The van der Waals surface area contributed by atoms with Crippen LogP contribution in [0.3, 0.4) is 0 Å². The monoisotopic (exact) mass is 348 g/mol. The van der Waals surface area contributed by atoms with Crippen molar-refractivity contribution in [1.29, 1.82) is 0 Å². The lowest BCUT2D eigenvalue weighted by molar-refractivity contribution is -0.234. The molecule has 0 saturated heterocycles. The van der Waals surface area contributed by atoms with Gasteiger partial charge >= 0.3 is 5.97 Å². The molecule has 4 aliphatic rings. The van der Waals surface area contributed by atoms with Crippen molar-refractivity contribution in [3.8, 4) is 0 Å². The summed E-state index contributed by atoms with van der Waals surface area (Å²) in [5, 5.41) is 33.4. The first-order chi connectivity index (χ1) is 11.5. The normalized spacial score (nSPS) is 50.8. The second kappa shape index (κ2) is 4.96. The molecule has 0 radical (unpaired) electrons. The molecule has 5 nitrogen and oxygen atoms in total. The summed E-state index contributed by atoms with van der Waals surface area (Å²) in [4.78, 5) is 12.0. The number of esters is 1. The summed E-state index contributed by atoms with van der Waals surface area (Å²) in [6.45, 7) is 7.99. The number of carbonyl (C=O) groups excluding carboxylic acids is 1. The van der Waals surface area contributed by atoms with Crippen molar-refractivity contribution >= 4 is 5.97 Å². The number of aliphatic hydroxyl groups is 3. The van der Waals surface area contributed by atoms with Crippen molar-refractivity contribution in [2.45, 2.75) is 70.9 Å². The van der Waals surface area contributed by atoms with Crippen molar-refractivity contribution in [1.82, 2.24) is 0 Å². The van der Waals surface area contributed by atoms with E-state index in [1.807, 2.05) is 13.0 Å². The predicted octanol–water partition coefficient (Wildman–Crippen LogP) is 1.71. The van der Waals surface area contributed by atoms with Crippen LogP contribution < -0.4 is 0 Å². The Balaban J connectivity index is 1.83. The van der Waals surface area contributed by atoms with Gasteiger partial charge in [0.05, 0.1) is 11.7 Å². The van der Waals surface area contributed by atoms with Crippen molar-refractivity contribution in [2.24, 2.45) is 22.7 Å². The highest BCUT2D eigenvalue weighted by Gasteiger charge is 2.67. The Morgan fingerprint density at radius 2 is 1.88 bits per heavy atom. The summed E-state index contributed by atoms with van der Waals surface area (Å²) in [7, 11) is 0. The van der Waals surface area contributed by atoms with Gasteiger partial charge in [-0.3, -0.25) is 0 Å². The molecule has 4 rings (SSSR count). The minimum absolute atomic E-state index is 0.0986. The minimum atomic E-state index is -1.34. The second-order valence-electron chi connectivity index (χ2n) is 9.24. The number of allylic oxidation sites excluding steroid dienone is 1. The zero-order valence-corrected chi connectivity index (χ0v) is 15.3. The molecule has 0 spiro atoms. The summed E-state index contributed by atoms with van der Waals surface area (Å²) in [5.74, 6) is -0.575. The molecule has 2 fully saturated rings. The van der Waals surface area contributed by atoms with Crippen molar-refractivity contribution in [2.75, 3.05) is 0 Å². The van der Waals surface area contributed by atoms with Crippen LogP contribution in [0.4, 0.5) is 0 Å². The first-order valence-electron chi connectivity index (χ1n) is 9.23. The van der Waals surface area contributed by atoms with E-state index in [0.29, 0.717) is 24.0 Å². The highest BCUT2D eigenvalue weighted by atomic mass is 16.5. The number of hydrogen-bond donors (Lipinski definition) is 3. The molecule has 0 aromatic heterocycles. The number of ether oxygens (including phenoxy) is 1. The molecule has 0 aromatic rings. The van der Waals surface area contributed by atoms with Crippen molar-refractivity contribution in [3.05, 3.63) is 23.3 Å². The van der Waals surface area contributed by atoms with Crippen LogP contribution in [0.25, 0.3) is 0 Å². The first kappa shape index (κ1) is 17.3. The van der Waals surface area contributed by atoms with Crippen LogP contribution in [0.5, 0.6) is 0 Å². The number of rotatable bonds is 0. The Bertz CT molecular complexity index is 692. The summed E-state index contributed by atoms with van der Waals surface area (Å²) in [6.07, 6.45) is 3.20. The lowest BCUT2D eigenvalue weighted by atomic mass is 9.43. The van der Waals surface area contributed by atoms with Crippen LogP contribution in [0.2, 0.25) is 0 Å². The molecule has 25 heavy (non-hydrogen) atoms.